The maximum absolute atomic E-state index is 10.6. The lowest BCUT2D eigenvalue weighted by molar-refractivity contribution is -0.384. The van der Waals surface area contributed by atoms with Gasteiger partial charge >= 0.3 is 0 Å². The molecule has 16 heavy (non-hydrogen) atoms. The Bertz CT molecular complexity index is 393. The normalized spacial score (nSPS) is 9.56. The number of nitrogen functional groups attached to an aromatic ring is 1. The van der Waals surface area contributed by atoms with Gasteiger partial charge < -0.3 is 10.2 Å². The van der Waals surface area contributed by atoms with Crippen LogP contribution < -0.4 is 16.0 Å². The lowest BCUT2D eigenvalue weighted by Gasteiger charge is -2.06. The van der Waals surface area contributed by atoms with Crippen LogP contribution >= 0.6 is 0 Å². The number of hydrogen-bond donors (Lipinski definition) is 2. The summed E-state index contributed by atoms with van der Waals surface area (Å²) in [6.07, 6.45) is 2.38. The molecule has 86 valence electrons. The SMILES string of the molecule is C=CCCOc1cc(NN)cc([N+](=O)[O-])c1. The van der Waals surface area contributed by atoms with Crippen LogP contribution in [-0.4, -0.2) is 11.5 Å². The zero-order valence-corrected chi connectivity index (χ0v) is 8.68. The fraction of sp³-hybridized carbons (Fsp3) is 0.200. The maximum Gasteiger partial charge on any atom is 0.275 e. The number of hydrazine groups is 1. The summed E-state index contributed by atoms with van der Waals surface area (Å²) in [6.45, 7) is 3.98. The van der Waals surface area contributed by atoms with Crippen molar-refractivity contribution >= 4 is 11.4 Å². The first kappa shape index (κ1) is 12.0. The molecule has 1 aromatic rings. The molecule has 0 aliphatic carbocycles. The molecular weight excluding hydrogens is 210 g/mol. The van der Waals surface area contributed by atoms with Crippen molar-refractivity contribution in [2.45, 2.75) is 6.42 Å². The summed E-state index contributed by atoms with van der Waals surface area (Å²) < 4.78 is 5.31. The molecule has 0 aromatic heterocycles. The lowest BCUT2D eigenvalue weighted by Crippen LogP contribution is -2.07. The van der Waals surface area contributed by atoms with Crippen molar-refractivity contribution in [3.05, 3.63) is 41.0 Å². The minimum absolute atomic E-state index is 0.0657. The highest BCUT2D eigenvalue weighted by Crippen LogP contribution is 2.25. The van der Waals surface area contributed by atoms with E-state index in [4.69, 9.17) is 10.6 Å². The number of ether oxygens (including phenoxy) is 1. The van der Waals surface area contributed by atoms with Gasteiger partial charge in [-0.3, -0.25) is 16.0 Å². The summed E-state index contributed by atoms with van der Waals surface area (Å²) >= 11 is 0. The number of nitrogens with two attached hydrogens (primary N) is 1. The zero-order chi connectivity index (χ0) is 12.0. The van der Waals surface area contributed by atoms with Crippen LogP contribution in [0.25, 0.3) is 0 Å². The van der Waals surface area contributed by atoms with E-state index in [2.05, 4.69) is 12.0 Å². The first-order chi connectivity index (χ1) is 7.67. The zero-order valence-electron chi connectivity index (χ0n) is 8.68. The number of nitro benzene ring substituents is 1. The number of nitrogens with zero attached hydrogens (tertiary/aromatic N) is 1. The standard InChI is InChI=1S/C10H13N3O3/c1-2-3-4-16-10-6-8(12-11)5-9(7-10)13(14)15/h2,5-7,12H,1,3-4,11H2. The third-order valence-corrected chi connectivity index (χ3v) is 1.86. The Labute approximate surface area is 92.8 Å². The fourth-order valence-corrected chi connectivity index (χ4v) is 1.12. The summed E-state index contributed by atoms with van der Waals surface area (Å²) in [6, 6.07) is 4.28. The van der Waals surface area contributed by atoms with Crippen LogP contribution in [0.4, 0.5) is 11.4 Å². The maximum atomic E-state index is 10.6. The number of anilines is 1. The Kier molecular flexibility index (Phi) is 4.28. The topological polar surface area (TPSA) is 90.4 Å². The van der Waals surface area contributed by atoms with Crippen LogP contribution in [0.5, 0.6) is 5.75 Å². The molecule has 0 heterocycles. The molecule has 0 saturated heterocycles. The van der Waals surface area contributed by atoms with Crippen molar-refractivity contribution in [1.82, 2.24) is 0 Å². The third-order valence-electron chi connectivity index (χ3n) is 1.86. The van der Waals surface area contributed by atoms with E-state index >= 15 is 0 Å². The molecule has 0 saturated carbocycles. The summed E-state index contributed by atoms with van der Waals surface area (Å²) in [5, 5.41) is 10.6. The quantitative estimate of drug-likeness (QED) is 0.252. The molecule has 0 aliphatic heterocycles. The first-order valence-corrected chi connectivity index (χ1v) is 4.67. The number of hydrogen-bond acceptors (Lipinski definition) is 5. The van der Waals surface area contributed by atoms with Crippen molar-refractivity contribution in [2.24, 2.45) is 5.84 Å². The van der Waals surface area contributed by atoms with Crippen LogP contribution in [0.2, 0.25) is 0 Å². The Balaban J connectivity index is 2.86. The van der Waals surface area contributed by atoms with E-state index in [9.17, 15) is 10.1 Å². The molecule has 6 nitrogen and oxygen atoms in total. The molecule has 6 heteroatoms. The number of non-ortho nitro benzene ring substituents is 1. The van der Waals surface area contributed by atoms with Gasteiger partial charge in [0, 0.05) is 12.1 Å². The molecule has 1 aromatic carbocycles. The predicted molar refractivity (Wildman–Crippen MR) is 61.2 cm³/mol. The third kappa shape index (κ3) is 3.25. The average Bonchev–Trinajstić information content (AvgIpc) is 2.29. The van der Waals surface area contributed by atoms with Gasteiger partial charge in [0.05, 0.1) is 23.3 Å². The smallest absolute Gasteiger partial charge is 0.275 e. The Hall–Kier alpha value is -2.08. The molecule has 0 spiro atoms. The van der Waals surface area contributed by atoms with Gasteiger partial charge in [-0.25, -0.2) is 0 Å². The largest absolute Gasteiger partial charge is 0.493 e. The van der Waals surface area contributed by atoms with Crippen molar-refractivity contribution in [3.8, 4) is 5.75 Å². The lowest BCUT2D eigenvalue weighted by atomic mass is 10.2. The summed E-state index contributed by atoms with van der Waals surface area (Å²) in [7, 11) is 0. The van der Waals surface area contributed by atoms with Crippen LogP contribution in [0.3, 0.4) is 0 Å². The van der Waals surface area contributed by atoms with Gasteiger partial charge in [0.25, 0.3) is 5.69 Å². The summed E-state index contributed by atoms with van der Waals surface area (Å²) in [5.41, 5.74) is 2.72. The molecule has 0 fully saturated rings. The van der Waals surface area contributed by atoms with E-state index in [0.29, 0.717) is 24.5 Å². The van der Waals surface area contributed by atoms with E-state index in [1.807, 2.05) is 0 Å². The molecule has 0 radical (unpaired) electrons. The van der Waals surface area contributed by atoms with E-state index in [0.717, 1.165) is 0 Å². The van der Waals surface area contributed by atoms with Crippen LogP contribution in [0.15, 0.2) is 30.9 Å². The van der Waals surface area contributed by atoms with Gasteiger partial charge in [0.1, 0.15) is 5.75 Å². The highest BCUT2D eigenvalue weighted by atomic mass is 16.6. The fourth-order valence-electron chi connectivity index (χ4n) is 1.12. The van der Waals surface area contributed by atoms with Crippen LogP contribution in [0.1, 0.15) is 6.42 Å². The number of nitrogens with one attached hydrogen (secondary N) is 1. The van der Waals surface area contributed by atoms with E-state index in [1.54, 1.807) is 12.1 Å². The molecule has 0 amide bonds. The molecule has 0 unspecified atom stereocenters. The highest BCUT2D eigenvalue weighted by Gasteiger charge is 2.09. The molecular formula is C10H13N3O3. The summed E-state index contributed by atoms with van der Waals surface area (Å²) in [4.78, 5) is 10.1. The van der Waals surface area contributed by atoms with Gasteiger partial charge in [-0.2, -0.15) is 0 Å². The minimum Gasteiger partial charge on any atom is -0.493 e. The van der Waals surface area contributed by atoms with E-state index in [1.165, 1.54) is 12.1 Å². The molecule has 3 N–H and O–H groups in total. The molecule has 0 aliphatic rings. The van der Waals surface area contributed by atoms with Gasteiger partial charge in [0.2, 0.25) is 0 Å². The van der Waals surface area contributed by atoms with Gasteiger partial charge in [0.15, 0.2) is 0 Å². The predicted octanol–water partition coefficient (Wildman–Crippen LogP) is 1.84. The summed E-state index contributed by atoms with van der Waals surface area (Å²) in [5.74, 6) is 5.60. The monoisotopic (exact) mass is 223 g/mol. The Morgan fingerprint density at radius 2 is 2.31 bits per heavy atom. The molecule has 1 rings (SSSR count). The second-order valence-corrected chi connectivity index (χ2v) is 3.04. The second kappa shape index (κ2) is 5.72. The van der Waals surface area contributed by atoms with Crippen LogP contribution in [-0.2, 0) is 0 Å². The molecule has 0 bridgehead atoms. The van der Waals surface area contributed by atoms with Crippen molar-refractivity contribution < 1.29 is 9.66 Å². The minimum atomic E-state index is -0.499. The first-order valence-electron chi connectivity index (χ1n) is 4.67. The van der Waals surface area contributed by atoms with Gasteiger partial charge in [-0.1, -0.05) is 6.08 Å². The highest BCUT2D eigenvalue weighted by molar-refractivity contribution is 5.55. The van der Waals surface area contributed by atoms with Gasteiger partial charge in [-0.05, 0) is 6.42 Å². The van der Waals surface area contributed by atoms with E-state index in [-0.39, 0.29) is 5.69 Å². The van der Waals surface area contributed by atoms with Crippen molar-refractivity contribution in [1.29, 1.82) is 0 Å². The van der Waals surface area contributed by atoms with Crippen molar-refractivity contribution in [2.75, 3.05) is 12.0 Å². The Morgan fingerprint density at radius 1 is 1.56 bits per heavy atom. The average molecular weight is 223 g/mol. The number of nitro groups is 1. The molecule has 0 atom stereocenters. The van der Waals surface area contributed by atoms with Crippen LogP contribution in [0, 0.1) is 10.1 Å². The second-order valence-electron chi connectivity index (χ2n) is 3.04. The number of benzene rings is 1. The van der Waals surface area contributed by atoms with Gasteiger partial charge in [-0.15, -0.1) is 6.58 Å². The van der Waals surface area contributed by atoms with E-state index < -0.39 is 4.92 Å². The Morgan fingerprint density at radius 3 is 2.88 bits per heavy atom. The van der Waals surface area contributed by atoms with Crippen molar-refractivity contribution in [3.63, 3.8) is 0 Å². The number of rotatable bonds is 6.